The van der Waals surface area contributed by atoms with Gasteiger partial charge in [-0.3, -0.25) is 0 Å². The Morgan fingerprint density at radius 3 is 2.50 bits per heavy atom. The molecular weight excluding hydrogens is 226 g/mol. The van der Waals surface area contributed by atoms with E-state index in [1.165, 1.54) is 12.4 Å². The normalized spacial score (nSPS) is 14.9. The van der Waals surface area contributed by atoms with Crippen LogP contribution in [0.1, 0.15) is 27.2 Å². The van der Waals surface area contributed by atoms with Gasteiger partial charge in [0.05, 0.1) is 23.0 Å². The number of halogens is 1. The van der Waals surface area contributed by atoms with Gasteiger partial charge in [-0.15, -0.1) is 0 Å². The molecule has 1 aromatic rings. The molecule has 0 aromatic carbocycles. The van der Waals surface area contributed by atoms with E-state index in [9.17, 15) is 5.11 Å². The molecule has 4 nitrogen and oxygen atoms in total. The molecule has 90 valence electrons. The number of aliphatic hydroxyl groups is 1. The molecule has 0 aliphatic rings. The van der Waals surface area contributed by atoms with Crippen molar-refractivity contribution < 1.29 is 5.11 Å². The van der Waals surface area contributed by atoms with E-state index in [0.29, 0.717) is 23.4 Å². The van der Waals surface area contributed by atoms with E-state index >= 15 is 0 Å². The van der Waals surface area contributed by atoms with E-state index in [1.807, 2.05) is 0 Å². The first-order valence-corrected chi connectivity index (χ1v) is 5.71. The Bertz CT molecular complexity index is 325. The van der Waals surface area contributed by atoms with Crippen LogP contribution in [0.4, 0.5) is 5.95 Å². The Kier molecular flexibility index (Phi) is 4.50. The van der Waals surface area contributed by atoms with Crippen molar-refractivity contribution in [3.63, 3.8) is 0 Å². The molecule has 0 amide bonds. The van der Waals surface area contributed by atoms with Gasteiger partial charge >= 0.3 is 0 Å². The smallest absolute Gasteiger partial charge is 0.222 e. The lowest BCUT2D eigenvalue weighted by Gasteiger charge is -2.25. The minimum atomic E-state index is -0.753. The van der Waals surface area contributed by atoms with Crippen LogP contribution >= 0.6 is 11.6 Å². The third-order valence-corrected chi connectivity index (χ3v) is 2.29. The van der Waals surface area contributed by atoms with Crippen LogP contribution in [0, 0.1) is 5.92 Å². The molecule has 0 radical (unpaired) electrons. The van der Waals surface area contributed by atoms with Crippen LogP contribution in [0.15, 0.2) is 12.4 Å². The van der Waals surface area contributed by atoms with Gasteiger partial charge in [-0.1, -0.05) is 25.4 Å². The molecular formula is C11H18ClN3O. The first kappa shape index (κ1) is 13.2. The maximum absolute atomic E-state index is 10.1. The summed E-state index contributed by atoms with van der Waals surface area (Å²) in [6.45, 7) is 6.38. The molecule has 0 bridgehead atoms. The molecule has 1 aromatic heterocycles. The van der Waals surface area contributed by atoms with E-state index in [4.69, 9.17) is 11.6 Å². The molecule has 1 unspecified atom stereocenters. The van der Waals surface area contributed by atoms with Gasteiger partial charge in [-0.05, 0) is 19.3 Å². The predicted molar refractivity (Wildman–Crippen MR) is 65.6 cm³/mol. The highest BCUT2D eigenvalue weighted by molar-refractivity contribution is 6.30. The van der Waals surface area contributed by atoms with Gasteiger partial charge in [0.25, 0.3) is 0 Å². The van der Waals surface area contributed by atoms with Crippen molar-refractivity contribution in [3.8, 4) is 0 Å². The van der Waals surface area contributed by atoms with Crippen LogP contribution in [0.2, 0.25) is 5.02 Å². The van der Waals surface area contributed by atoms with Crippen molar-refractivity contribution in [2.24, 2.45) is 5.92 Å². The second-order valence-corrected chi connectivity index (χ2v) is 5.11. The topological polar surface area (TPSA) is 58.0 Å². The molecule has 0 saturated carbocycles. The summed E-state index contributed by atoms with van der Waals surface area (Å²) < 4.78 is 0. The van der Waals surface area contributed by atoms with Crippen molar-refractivity contribution in [2.75, 3.05) is 11.9 Å². The number of aromatic nitrogens is 2. The first-order chi connectivity index (χ1) is 7.39. The van der Waals surface area contributed by atoms with E-state index in [0.717, 1.165) is 6.42 Å². The summed E-state index contributed by atoms with van der Waals surface area (Å²) in [7, 11) is 0. The van der Waals surface area contributed by atoms with Crippen molar-refractivity contribution in [3.05, 3.63) is 17.4 Å². The summed E-state index contributed by atoms with van der Waals surface area (Å²) in [6, 6.07) is 0. The van der Waals surface area contributed by atoms with Crippen molar-refractivity contribution in [2.45, 2.75) is 32.8 Å². The fourth-order valence-electron chi connectivity index (χ4n) is 1.62. The van der Waals surface area contributed by atoms with Gasteiger partial charge in [0.15, 0.2) is 0 Å². The van der Waals surface area contributed by atoms with Crippen LogP contribution in [-0.2, 0) is 0 Å². The number of nitrogens with zero attached hydrogens (tertiary/aromatic N) is 2. The molecule has 5 heteroatoms. The lowest BCUT2D eigenvalue weighted by Crippen LogP contribution is -2.35. The van der Waals surface area contributed by atoms with Crippen LogP contribution in [0.25, 0.3) is 0 Å². The SMILES string of the molecule is CC(C)CC(C)(O)CNc1ncc(Cl)cn1. The number of rotatable bonds is 5. The van der Waals surface area contributed by atoms with E-state index in [1.54, 1.807) is 6.92 Å². The number of hydrogen-bond acceptors (Lipinski definition) is 4. The number of hydrogen-bond donors (Lipinski definition) is 2. The van der Waals surface area contributed by atoms with Crippen LogP contribution in [0.3, 0.4) is 0 Å². The molecule has 16 heavy (non-hydrogen) atoms. The zero-order chi connectivity index (χ0) is 12.2. The summed E-state index contributed by atoms with van der Waals surface area (Å²) in [6.07, 6.45) is 3.77. The Morgan fingerprint density at radius 2 is 2.00 bits per heavy atom. The highest BCUT2D eigenvalue weighted by atomic mass is 35.5. The largest absolute Gasteiger partial charge is 0.388 e. The second kappa shape index (κ2) is 5.46. The van der Waals surface area contributed by atoms with Crippen LogP contribution in [-0.4, -0.2) is 27.2 Å². The monoisotopic (exact) mass is 243 g/mol. The highest BCUT2D eigenvalue weighted by Gasteiger charge is 2.21. The van der Waals surface area contributed by atoms with Crippen LogP contribution < -0.4 is 5.32 Å². The van der Waals surface area contributed by atoms with Gasteiger partial charge in [-0.2, -0.15) is 0 Å². The molecule has 1 atom stereocenters. The van der Waals surface area contributed by atoms with Crippen molar-refractivity contribution >= 4 is 17.5 Å². The number of anilines is 1. The molecule has 0 saturated heterocycles. The minimum absolute atomic E-state index is 0.423. The third kappa shape index (κ3) is 4.77. The molecule has 1 rings (SSSR count). The van der Waals surface area contributed by atoms with Gasteiger partial charge in [0.1, 0.15) is 0 Å². The summed E-state index contributed by atoms with van der Waals surface area (Å²) in [5.41, 5.74) is -0.753. The molecule has 1 heterocycles. The van der Waals surface area contributed by atoms with Gasteiger partial charge in [0, 0.05) is 6.54 Å². The lowest BCUT2D eigenvalue weighted by molar-refractivity contribution is 0.0514. The minimum Gasteiger partial charge on any atom is -0.388 e. The lowest BCUT2D eigenvalue weighted by atomic mass is 9.94. The second-order valence-electron chi connectivity index (χ2n) is 4.67. The third-order valence-electron chi connectivity index (χ3n) is 2.10. The summed E-state index contributed by atoms with van der Waals surface area (Å²) >= 11 is 5.67. The zero-order valence-electron chi connectivity index (χ0n) is 9.87. The Labute approximate surface area is 101 Å². The molecule has 0 fully saturated rings. The zero-order valence-corrected chi connectivity index (χ0v) is 10.6. The van der Waals surface area contributed by atoms with Crippen LogP contribution in [0.5, 0.6) is 0 Å². The average molecular weight is 244 g/mol. The average Bonchev–Trinajstić information content (AvgIpc) is 2.15. The maximum atomic E-state index is 10.1. The van der Waals surface area contributed by atoms with E-state index < -0.39 is 5.60 Å². The number of nitrogens with one attached hydrogen (secondary N) is 1. The predicted octanol–water partition coefficient (Wildman–Crippen LogP) is 2.34. The molecule has 0 aliphatic heterocycles. The fourth-order valence-corrected chi connectivity index (χ4v) is 1.72. The Balaban J connectivity index is 2.47. The van der Waals surface area contributed by atoms with E-state index in [2.05, 4.69) is 29.1 Å². The van der Waals surface area contributed by atoms with Gasteiger partial charge in [0.2, 0.25) is 5.95 Å². The van der Waals surface area contributed by atoms with E-state index in [-0.39, 0.29) is 0 Å². The Hall–Kier alpha value is -0.870. The van der Waals surface area contributed by atoms with Gasteiger partial charge in [-0.25, -0.2) is 9.97 Å². The fraction of sp³-hybridized carbons (Fsp3) is 0.636. The quantitative estimate of drug-likeness (QED) is 0.834. The molecule has 0 aliphatic carbocycles. The highest BCUT2D eigenvalue weighted by Crippen LogP contribution is 2.16. The molecule has 2 N–H and O–H groups in total. The van der Waals surface area contributed by atoms with Crippen molar-refractivity contribution in [1.82, 2.24) is 9.97 Å². The van der Waals surface area contributed by atoms with Crippen molar-refractivity contribution in [1.29, 1.82) is 0 Å². The summed E-state index contributed by atoms with van der Waals surface area (Å²) in [4.78, 5) is 7.99. The first-order valence-electron chi connectivity index (χ1n) is 5.33. The summed E-state index contributed by atoms with van der Waals surface area (Å²) in [5, 5.41) is 13.5. The maximum Gasteiger partial charge on any atom is 0.222 e. The molecule has 0 spiro atoms. The summed E-state index contributed by atoms with van der Waals surface area (Å²) in [5.74, 6) is 0.927. The Morgan fingerprint density at radius 1 is 1.44 bits per heavy atom. The van der Waals surface area contributed by atoms with Gasteiger partial charge < -0.3 is 10.4 Å². The standard InChI is InChI=1S/C11H18ClN3O/c1-8(2)4-11(3,16)7-15-10-13-5-9(12)6-14-10/h5-6,8,16H,4,7H2,1-3H3,(H,13,14,15).